The number of anilines is 1. The minimum atomic E-state index is -0.287. The number of carbonyl (C=O) groups excluding carboxylic acids is 1. The van der Waals surface area contributed by atoms with Gasteiger partial charge in [0.25, 0.3) is 5.91 Å². The lowest BCUT2D eigenvalue weighted by molar-refractivity contribution is 0.0947. The molecule has 2 N–H and O–H groups in total. The van der Waals surface area contributed by atoms with Gasteiger partial charge in [-0.25, -0.2) is 14.4 Å². The highest BCUT2D eigenvalue weighted by molar-refractivity contribution is 6.04. The number of hydrogen-bond donors (Lipinski definition) is 2. The van der Waals surface area contributed by atoms with Crippen molar-refractivity contribution in [1.29, 1.82) is 0 Å². The lowest BCUT2D eigenvalue weighted by atomic mass is 10.0. The molecule has 3 aromatic heterocycles. The lowest BCUT2D eigenvalue weighted by Gasteiger charge is -2.16. The molecule has 1 amide bonds. The van der Waals surface area contributed by atoms with Gasteiger partial charge in [-0.3, -0.25) is 13.9 Å². The number of halogens is 1. The van der Waals surface area contributed by atoms with Crippen LogP contribution in [-0.2, 0) is 26.6 Å². The van der Waals surface area contributed by atoms with Crippen LogP contribution >= 0.6 is 0 Å². The summed E-state index contributed by atoms with van der Waals surface area (Å²) in [6.45, 7) is 1.14. The van der Waals surface area contributed by atoms with Crippen LogP contribution in [0.3, 0.4) is 0 Å². The molecular weight excluding hydrogens is 401 g/mol. The first-order valence-electron chi connectivity index (χ1n) is 9.94. The van der Waals surface area contributed by atoms with E-state index in [4.69, 9.17) is 4.74 Å². The molecule has 5 heterocycles. The number of imidazole rings is 1. The Labute approximate surface area is 175 Å². The second kappa shape index (κ2) is 6.53. The standard InChI is InChI=1S/C21H18FN7O2/c1-28-16-9-23-20(30)18-19-14(13(16)8-27-28)7-25-21(29(19)10-26-18)24-6-12-11-4-5-31-17(11)3-2-15(12)22/h2-3,7-8,10H,4-6,9H2,1H3,(H,23,30)(H,24,25). The number of rotatable bonds is 3. The smallest absolute Gasteiger partial charge is 0.272 e. The van der Waals surface area contributed by atoms with E-state index in [2.05, 4.69) is 25.7 Å². The molecule has 0 unspecified atom stereocenters. The van der Waals surface area contributed by atoms with Gasteiger partial charge in [0.15, 0.2) is 5.69 Å². The molecule has 9 nitrogen and oxygen atoms in total. The van der Waals surface area contributed by atoms with Crippen molar-refractivity contribution < 1.29 is 13.9 Å². The van der Waals surface area contributed by atoms with E-state index in [0.29, 0.717) is 42.3 Å². The molecule has 0 atom stereocenters. The molecule has 0 aliphatic carbocycles. The van der Waals surface area contributed by atoms with Crippen molar-refractivity contribution in [3.05, 3.63) is 59.2 Å². The van der Waals surface area contributed by atoms with Gasteiger partial charge in [-0.1, -0.05) is 0 Å². The van der Waals surface area contributed by atoms with Gasteiger partial charge in [-0.15, -0.1) is 0 Å². The van der Waals surface area contributed by atoms with E-state index < -0.39 is 0 Å². The van der Waals surface area contributed by atoms with E-state index in [9.17, 15) is 9.18 Å². The molecule has 0 spiro atoms. The van der Waals surface area contributed by atoms with Crippen molar-refractivity contribution in [2.75, 3.05) is 11.9 Å². The Morgan fingerprint density at radius 2 is 2.16 bits per heavy atom. The van der Waals surface area contributed by atoms with Gasteiger partial charge >= 0.3 is 0 Å². The van der Waals surface area contributed by atoms with Crippen molar-refractivity contribution in [2.24, 2.45) is 7.05 Å². The maximum atomic E-state index is 14.5. The third-order valence-electron chi connectivity index (χ3n) is 5.91. The molecule has 0 saturated heterocycles. The van der Waals surface area contributed by atoms with Crippen LogP contribution in [0.15, 0.2) is 30.9 Å². The number of ether oxygens (including phenoxy) is 1. The fourth-order valence-electron chi connectivity index (χ4n) is 4.33. The van der Waals surface area contributed by atoms with E-state index in [0.717, 1.165) is 28.1 Å². The first-order chi connectivity index (χ1) is 15.1. The number of hydrogen-bond acceptors (Lipinski definition) is 6. The van der Waals surface area contributed by atoms with E-state index >= 15 is 0 Å². The molecule has 0 fully saturated rings. The summed E-state index contributed by atoms with van der Waals surface area (Å²) >= 11 is 0. The van der Waals surface area contributed by atoms with Crippen LogP contribution in [0, 0.1) is 5.82 Å². The summed E-state index contributed by atoms with van der Waals surface area (Å²) in [5.41, 5.74) is 4.92. The van der Waals surface area contributed by atoms with Crippen LogP contribution in [0.5, 0.6) is 5.75 Å². The Balaban J connectivity index is 1.45. The molecule has 0 saturated carbocycles. The van der Waals surface area contributed by atoms with Gasteiger partial charge in [-0.2, -0.15) is 5.10 Å². The van der Waals surface area contributed by atoms with Crippen molar-refractivity contribution in [2.45, 2.75) is 19.5 Å². The molecule has 0 radical (unpaired) electrons. The van der Waals surface area contributed by atoms with Crippen LogP contribution < -0.4 is 15.4 Å². The summed E-state index contributed by atoms with van der Waals surface area (Å²) in [6, 6.07) is 3.08. The van der Waals surface area contributed by atoms with Crippen molar-refractivity contribution in [3.63, 3.8) is 0 Å². The summed E-state index contributed by atoms with van der Waals surface area (Å²) in [5.74, 6) is 0.633. The molecule has 10 heteroatoms. The predicted octanol–water partition coefficient (Wildman–Crippen LogP) is 2.06. The fraction of sp³-hybridized carbons (Fsp3) is 0.238. The number of nitrogens with one attached hydrogen (secondary N) is 2. The third-order valence-corrected chi connectivity index (χ3v) is 5.91. The van der Waals surface area contributed by atoms with E-state index in [1.807, 2.05) is 7.05 Å². The first-order valence-corrected chi connectivity index (χ1v) is 9.94. The Kier molecular flexibility index (Phi) is 3.76. The number of carbonyl (C=O) groups is 1. The highest BCUT2D eigenvalue weighted by Crippen LogP contribution is 2.33. The molecule has 2 aliphatic rings. The number of benzene rings is 1. The predicted molar refractivity (Wildman–Crippen MR) is 109 cm³/mol. The summed E-state index contributed by atoms with van der Waals surface area (Å²) in [6.07, 6.45) is 5.69. The number of nitrogens with zero attached hydrogens (tertiary/aromatic N) is 5. The maximum Gasteiger partial charge on any atom is 0.272 e. The highest BCUT2D eigenvalue weighted by Gasteiger charge is 2.26. The van der Waals surface area contributed by atoms with Gasteiger partial charge in [0, 0.05) is 48.5 Å². The average Bonchev–Trinajstić information content (AvgIpc) is 3.49. The third kappa shape index (κ3) is 2.61. The summed E-state index contributed by atoms with van der Waals surface area (Å²) in [5, 5.41) is 10.4. The van der Waals surface area contributed by atoms with Crippen LogP contribution in [0.1, 0.15) is 27.3 Å². The van der Waals surface area contributed by atoms with Crippen molar-refractivity contribution >= 4 is 17.4 Å². The normalized spacial score (nSPS) is 14.5. The Hall–Kier alpha value is -3.95. The molecule has 6 rings (SSSR count). The Morgan fingerprint density at radius 3 is 3.06 bits per heavy atom. The maximum absolute atomic E-state index is 14.5. The summed E-state index contributed by atoms with van der Waals surface area (Å²) in [7, 11) is 1.83. The van der Waals surface area contributed by atoms with Gasteiger partial charge in [-0.05, 0) is 12.1 Å². The van der Waals surface area contributed by atoms with Crippen LogP contribution in [0.4, 0.5) is 10.3 Å². The molecule has 156 valence electrons. The minimum Gasteiger partial charge on any atom is -0.493 e. The zero-order valence-corrected chi connectivity index (χ0v) is 16.6. The molecule has 0 bridgehead atoms. The number of fused-ring (bicyclic) bond motifs is 3. The fourth-order valence-corrected chi connectivity index (χ4v) is 4.33. The second-order valence-electron chi connectivity index (χ2n) is 7.57. The minimum absolute atomic E-state index is 0.234. The van der Waals surface area contributed by atoms with Gasteiger partial charge < -0.3 is 15.4 Å². The van der Waals surface area contributed by atoms with Crippen LogP contribution in [0.25, 0.3) is 16.6 Å². The monoisotopic (exact) mass is 419 g/mol. The lowest BCUT2D eigenvalue weighted by Crippen LogP contribution is -2.26. The number of amides is 1. The SMILES string of the molecule is Cn1ncc2c1CNC(=O)c1ncn3c(NCc4c(F)ccc5c4CCO5)ncc-2c13. The van der Waals surface area contributed by atoms with Gasteiger partial charge in [0.2, 0.25) is 5.95 Å². The average molecular weight is 419 g/mol. The second-order valence-corrected chi connectivity index (χ2v) is 7.57. The first kappa shape index (κ1) is 17.9. The number of aryl methyl sites for hydroxylation is 1. The highest BCUT2D eigenvalue weighted by atomic mass is 19.1. The zero-order valence-electron chi connectivity index (χ0n) is 16.6. The van der Waals surface area contributed by atoms with E-state index in [1.165, 1.54) is 6.07 Å². The largest absolute Gasteiger partial charge is 0.493 e. The van der Waals surface area contributed by atoms with E-state index in [-0.39, 0.29) is 18.3 Å². The Bertz CT molecular complexity index is 1370. The molecular formula is C21H18FN7O2. The summed E-state index contributed by atoms with van der Waals surface area (Å²) < 4.78 is 23.5. The van der Waals surface area contributed by atoms with Gasteiger partial charge in [0.05, 0.1) is 30.6 Å². The quantitative estimate of drug-likeness (QED) is 0.528. The van der Waals surface area contributed by atoms with E-state index in [1.54, 1.807) is 33.9 Å². The molecule has 1 aromatic carbocycles. The van der Waals surface area contributed by atoms with Gasteiger partial charge in [0.1, 0.15) is 17.9 Å². The number of aromatic nitrogens is 5. The zero-order chi connectivity index (χ0) is 21.1. The molecule has 4 aromatic rings. The Morgan fingerprint density at radius 1 is 1.26 bits per heavy atom. The molecule has 31 heavy (non-hydrogen) atoms. The van der Waals surface area contributed by atoms with Crippen molar-refractivity contribution in [1.82, 2.24) is 29.5 Å². The molecule has 2 aliphatic heterocycles. The van der Waals surface area contributed by atoms with Crippen LogP contribution in [0.2, 0.25) is 0 Å². The van der Waals surface area contributed by atoms with Crippen molar-refractivity contribution in [3.8, 4) is 16.9 Å². The topological polar surface area (TPSA) is 98.4 Å². The van der Waals surface area contributed by atoms with Crippen LogP contribution in [-0.4, -0.2) is 36.7 Å². The summed E-state index contributed by atoms with van der Waals surface area (Å²) in [4.78, 5) is 21.6.